The predicted octanol–water partition coefficient (Wildman–Crippen LogP) is 3.50. The Bertz CT molecular complexity index is 961. The van der Waals surface area contributed by atoms with Crippen molar-refractivity contribution < 1.29 is 19.1 Å². The van der Waals surface area contributed by atoms with E-state index in [1.54, 1.807) is 30.3 Å². The summed E-state index contributed by atoms with van der Waals surface area (Å²) >= 11 is 5.95. The number of aliphatic hydroxyl groups is 1. The maximum atomic E-state index is 12.5. The number of carbonyl (C=O) groups is 2. The highest BCUT2D eigenvalue weighted by Gasteiger charge is 2.47. The number of carbonyl (C=O) groups excluding carboxylic acids is 2. The lowest BCUT2D eigenvalue weighted by Gasteiger charge is -2.19. The molecule has 2 heterocycles. The highest BCUT2D eigenvalue weighted by molar-refractivity contribution is 6.31. The van der Waals surface area contributed by atoms with Crippen molar-refractivity contribution in [1.82, 2.24) is 0 Å². The van der Waals surface area contributed by atoms with Crippen LogP contribution in [0, 0.1) is 0 Å². The van der Waals surface area contributed by atoms with E-state index < -0.39 is 23.7 Å². The molecule has 24 heavy (non-hydrogen) atoms. The molecule has 5 nitrogen and oxygen atoms in total. The molecule has 120 valence electrons. The van der Waals surface area contributed by atoms with Gasteiger partial charge in [0.05, 0.1) is 6.42 Å². The first-order valence-corrected chi connectivity index (χ1v) is 7.71. The van der Waals surface area contributed by atoms with Gasteiger partial charge in [-0.15, -0.1) is 0 Å². The van der Waals surface area contributed by atoms with Crippen LogP contribution in [0.5, 0.6) is 0 Å². The Hall–Kier alpha value is -2.63. The first-order chi connectivity index (χ1) is 11.5. The van der Waals surface area contributed by atoms with Gasteiger partial charge in [-0.3, -0.25) is 9.59 Å². The van der Waals surface area contributed by atoms with Crippen LogP contribution in [-0.2, 0) is 10.4 Å². The molecular formula is C18H12ClNO4. The Kier molecular flexibility index (Phi) is 3.23. The number of ketones is 1. The predicted molar refractivity (Wildman–Crippen MR) is 89.1 cm³/mol. The van der Waals surface area contributed by atoms with Crippen molar-refractivity contribution in [2.45, 2.75) is 12.0 Å². The first kappa shape index (κ1) is 14.9. The summed E-state index contributed by atoms with van der Waals surface area (Å²) in [6.07, 6.45) is -0.425. The van der Waals surface area contributed by atoms with Gasteiger partial charge in [-0.25, -0.2) is 0 Å². The summed E-state index contributed by atoms with van der Waals surface area (Å²) in [5.41, 5.74) is -0.642. The smallest absolute Gasteiger partial charge is 0.261 e. The lowest BCUT2D eigenvalue weighted by Crippen LogP contribution is -2.36. The minimum atomic E-state index is -1.96. The molecule has 6 heteroatoms. The Morgan fingerprint density at radius 3 is 2.79 bits per heavy atom. The summed E-state index contributed by atoms with van der Waals surface area (Å²) in [6, 6.07) is 13.5. The summed E-state index contributed by atoms with van der Waals surface area (Å²) < 4.78 is 5.51. The molecule has 0 saturated carbocycles. The number of halogens is 1. The fourth-order valence-corrected chi connectivity index (χ4v) is 3.10. The van der Waals surface area contributed by atoms with E-state index in [2.05, 4.69) is 5.32 Å². The molecule has 0 fully saturated rings. The summed E-state index contributed by atoms with van der Waals surface area (Å²) in [6.45, 7) is 0. The Labute approximate surface area is 141 Å². The third-order valence-corrected chi connectivity index (χ3v) is 4.40. The van der Waals surface area contributed by atoms with Crippen molar-refractivity contribution in [3.63, 3.8) is 0 Å². The third-order valence-electron chi connectivity index (χ3n) is 4.17. The van der Waals surface area contributed by atoms with Gasteiger partial charge in [0.25, 0.3) is 5.91 Å². The average Bonchev–Trinajstić information content (AvgIpc) is 3.09. The molecule has 4 rings (SSSR count). The molecule has 0 unspecified atom stereocenters. The molecule has 1 aliphatic heterocycles. The van der Waals surface area contributed by atoms with E-state index in [1.807, 2.05) is 12.1 Å². The fraction of sp³-hybridized carbons (Fsp3) is 0.111. The summed E-state index contributed by atoms with van der Waals surface area (Å²) in [7, 11) is 0. The molecular weight excluding hydrogens is 330 g/mol. The van der Waals surface area contributed by atoms with Crippen molar-refractivity contribution in [1.29, 1.82) is 0 Å². The van der Waals surface area contributed by atoms with Crippen LogP contribution in [0.15, 0.2) is 52.9 Å². The number of fused-ring (bicyclic) bond motifs is 2. The van der Waals surface area contributed by atoms with Crippen molar-refractivity contribution in [3.05, 3.63) is 64.9 Å². The number of para-hydroxylation sites is 1. The van der Waals surface area contributed by atoms with Crippen molar-refractivity contribution in [2.75, 3.05) is 5.32 Å². The molecule has 2 N–H and O–H groups in total. The molecule has 1 atom stereocenters. The number of anilines is 1. The van der Waals surface area contributed by atoms with Gasteiger partial charge in [-0.2, -0.15) is 0 Å². The Morgan fingerprint density at radius 2 is 2.00 bits per heavy atom. The average molecular weight is 342 g/mol. The molecule has 1 amide bonds. The standard InChI is InChI=1S/C18H12ClNO4/c19-11-5-6-13-12(8-11)18(23,17(22)20-13)9-14(21)16-7-10-3-1-2-4-15(10)24-16/h1-8,23H,9H2,(H,20,22)/t18-/m0/s1. The van der Waals surface area contributed by atoms with E-state index in [1.165, 1.54) is 6.07 Å². The van der Waals surface area contributed by atoms with Crippen molar-refractivity contribution in [2.24, 2.45) is 0 Å². The lowest BCUT2D eigenvalue weighted by molar-refractivity contribution is -0.133. The maximum Gasteiger partial charge on any atom is 0.261 e. The van der Waals surface area contributed by atoms with Crippen molar-refractivity contribution >= 4 is 39.9 Å². The minimum absolute atomic E-state index is 0.105. The van der Waals surface area contributed by atoms with Gasteiger partial charge >= 0.3 is 0 Å². The largest absolute Gasteiger partial charge is 0.453 e. The maximum absolute atomic E-state index is 12.5. The van der Waals surface area contributed by atoms with Crippen LogP contribution in [-0.4, -0.2) is 16.8 Å². The third kappa shape index (κ3) is 2.21. The molecule has 0 spiro atoms. The number of benzene rings is 2. The molecule has 0 radical (unpaired) electrons. The SMILES string of the molecule is O=C(C[C@@]1(O)C(=O)Nc2ccc(Cl)cc21)c1cc2ccccc2o1. The number of hydrogen-bond acceptors (Lipinski definition) is 4. The van der Waals surface area contributed by atoms with E-state index >= 15 is 0 Å². The quantitative estimate of drug-likeness (QED) is 0.714. The number of rotatable bonds is 3. The summed E-state index contributed by atoms with van der Waals surface area (Å²) in [5.74, 6) is -1.01. The fourth-order valence-electron chi connectivity index (χ4n) is 2.93. The number of nitrogens with one attached hydrogen (secondary N) is 1. The van der Waals surface area contributed by atoms with Gasteiger partial charge in [0.15, 0.2) is 11.4 Å². The summed E-state index contributed by atoms with van der Waals surface area (Å²) in [4.78, 5) is 24.8. The van der Waals surface area contributed by atoms with Gasteiger partial charge in [0.1, 0.15) is 5.58 Å². The first-order valence-electron chi connectivity index (χ1n) is 7.33. The van der Waals surface area contributed by atoms with Crippen LogP contribution in [0.4, 0.5) is 5.69 Å². The van der Waals surface area contributed by atoms with Gasteiger partial charge < -0.3 is 14.8 Å². The van der Waals surface area contributed by atoms with Crippen LogP contribution < -0.4 is 5.32 Å². The second kappa shape index (κ2) is 5.19. The molecule has 0 aliphatic carbocycles. The number of furan rings is 1. The normalized spacial score (nSPS) is 19.3. The zero-order valence-corrected chi connectivity index (χ0v) is 13.1. The number of Topliss-reactive ketones (excluding diaryl/α,β-unsaturated/α-hetero) is 1. The van der Waals surface area contributed by atoms with Crippen LogP contribution in [0.2, 0.25) is 5.02 Å². The van der Waals surface area contributed by atoms with E-state index in [4.69, 9.17) is 16.0 Å². The highest BCUT2D eigenvalue weighted by Crippen LogP contribution is 2.40. The second-order valence-electron chi connectivity index (χ2n) is 5.75. The minimum Gasteiger partial charge on any atom is -0.453 e. The van der Waals surface area contributed by atoms with E-state index in [0.717, 1.165) is 5.39 Å². The number of hydrogen-bond donors (Lipinski definition) is 2. The molecule has 1 aromatic heterocycles. The van der Waals surface area contributed by atoms with Crippen LogP contribution >= 0.6 is 11.6 Å². The molecule has 0 bridgehead atoms. The molecule has 3 aromatic rings. The summed E-state index contributed by atoms with van der Waals surface area (Å²) in [5, 5.41) is 14.5. The van der Waals surface area contributed by atoms with Crippen molar-refractivity contribution in [3.8, 4) is 0 Å². The van der Waals surface area contributed by atoms with Gasteiger partial charge in [0.2, 0.25) is 5.78 Å². The zero-order chi connectivity index (χ0) is 16.9. The van der Waals surface area contributed by atoms with Crippen LogP contribution in [0.25, 0.3) is 11.0 Å². The zero-order valence-electron chi connectivity index (χ0n) is 12.4. The Balaban J connectivity index is 1.70. The van der Waals surface area contributed by atoms with Gasteiger partial charge in [-0.1, -0.05) is 29.8 Å². The van der Waals surface area contributed by atoms with Crippen LogP contribution in [0.3, 0.4) is 0 Å². The highest BCUT2D eigenvalue weighted by atomic mass is 35.5. The number of amides is 1. The van der Waals surface area contributed by atoms with E-state index in [9.17, 15) is 14.7 Å². The topological polar surface area (TPSA) is 79.5 Å². The molecule has 0 saturated heterocycles. The molecule has 2 aromatic carbocycles. The monoisotopic (exact) mass is 341 g/mol. The van der Waals surface area contributed by atoms with Gasteiger partial charge in [-0.05, 0) is 30.3 Å². The molecule has 1 aliphatic rings. The second-order valence-corrected chi connectivity index (χ2v) is 6.19. The lowest BCUT2D eigenvalue weighted by atomic mass is 9.89. The van der Waals surface area contributed by atoms with Gasteiger partial charge in [0, 0.05) is 21.7 Å². The Morgan fingerprint density at radius 1 is 1.21 bits per heavy atom. The van der Waals surface area contributed by atoms with E-state index in [0.29, 0.717) is 21.9 Å². The van der Waals surface area contributed by atoms with Crippen LogP contribution in [0.1, 0.15) is 22.5 Å². The van der Waals surface area contributed by atoms with E-state index in [-0.39, 0.29) is 5.76 Å².